The van der Waals surface area contributed by atoms with Crippen molar-refractivity contribution in [2.24, 2.45) is 0 Å². The van der Waals surface area contributed by atoms with Crippen LogP contribution in [0.3, 0.4) is 0 Å². The fourth-order valence-electron chi connectivity index (χ4n) is 3.11. The SMILES string of the molecule is Nc1ccc(C(=O)N2CCCCC[C@H]2c2cccc(F)c2)cn1. The number of nitrogens with two attached hydrogens (primary N) is 1. The molecule has 1 saturated heterocycles. The van der Waals surface area contributed by atoms with Gasteiger partial charge in [0.1, 0.15) is 11.6 Å². The highest BCUT2D eigenvalue weighted by Crippen LogP contribution is 2.31. The van der Waals surface area contributed by atoms with Crippen LogP contribution in [-0.2, 0) is 0 Å². The number of hydrogen-bond donors (Lipinski definition) is 1. The minimum atomic E-state index is -0.270. The summed E-state index contributed by atoms with van der Waals surface area (Å²) in [5.74, 6) is 0.0426. The Morgan fingerprint density at radius 2 is 2.09 bits per heavy atom. The molecule has 5 heteroatoms. The van der Waals surface area contributed by atoms with Crippen molar-refractivity contribution in [2.45, 2.75) is 31.7 Å². The molecule has 0 aliphatic carbocycles. The molecule has 0 radical (unpaired) electrons. The van der Waals surface area contributed by atoms with Gasteiger partial charge >= 0.3 is 0 Å². The maximum Gasteiger partial charge on any atom is 0.255 e. The zero-order chi connectivity index (χ0) is 16.2. The molecule has 120 valence electrons. The van der Waals surface area contributed by atoms with Gasteiger partial charge in [0, 0.05) is 12.7 Å². The Kier molecular flexibility index (Phi) is 4.55. The predicted molar refractivity (Wildman–Crippen MR) is 87.3 cm³/mol. The summed E-state index contributed by atoms with van der Waals surface area (Å²) in [5.41, 5.74) is 6.95. The third-order valence-corrected chi connectivity index (χ3v) is 4.28. The second kappa shape index (κ2) is 6.77. The molecule has 1 aromatic heterocycles. The fraction of sp³-hybridized carbons (Fsp3) is 0.333. The van der Waals surface area contributed by atoms with Crippen LogP contribution in [0.25, 0.3) is 0 Å². The van der Waals surface area contributed by atoms with Crippen LogP contribution in [0.4, 0.5) is 10.2 Å². The number of hydrogen-bond acceptors (Lipinski definition) is 3. The van der Waals surface area contributed by atoms with E-state index in [1.165, 1.54) is 18.3 Å². The monoisotopic (exact) mass is 313 g/mol. The number of nitrogens with zero attached hydrogens (tertiary/aromatic N) is 2. The van der Waals surface area contributed by atoms with Gasteiger partial charge in [-0.15, -0.1) is 0 Å². The number of nitrogen functional groups attached to an aromatic ring is 1. The maximum atomic E-state index is 13.6. The lowest BCUT2D eigenvalue weighted by atomic mass is 10.00. The van der Waals surface area contributed by atoms with Crippen molar-refractivity contribution in [3.8, 4) is 0 Å². The maximum absolute atomic E-state index is 13.6. The molecule has 0 bridgehead atoms. The van der Waals surface area contributed by atoms with Gasteiger partial charge in [0.25, 0.3) is 5.91 Å². The van der Waals surface area contributed by atoms with Gasteiger partial charge in [-0.1, -0.05) is 25.0 Å². The smallest absolute Gasteiger partial charge is 0.255 e. The number of rotatable bonds is 2. The Morgan fingerprint density at radius 3 is 2.83 bits per heavy atom. The Hall–Kier alpha value is -2.43. The molecule has 1 aliphatic rings. The molecule has 3 rings (SSSR count). The number of benzene rings is 1. The Morgan fingerprint density at radius 1 is 1.22 bits per heavy atom. The standard InChI is InChI=1S/C18H20FN3O/c19-15-6-4-5-13(11-15)16-7-2-1-3-10-22(16)18(23)14-8-9-17(20)21-12-14/h4-6,8-9,11-12,16H,1-3,7,10H2,(H2,20,21)/t16-/m0/s1. The van der Waals surface area contributed by atoms with Gasteiger partial charge in [0.05, 0.1) is 11.6 Å². The normalized spacial score (nSPS) is 18.5. The van der Waals surface area contributed by atoms with E-state index in [-0.39, 0.29) is 17.8 Å². The van der Waals surface area contributed by atoms with E-state index in [0.717, 1.165) is 31.2 Å². The van der Waals surface area contributed by atoms with Gasteiger partial charge < -0.3 is 10.6 Å². The van der Waals surface area contributed by atoms with E-state index in [2.05, 4.69) is 4.98 Å². The molecule has 0 saturated carbocycles. The third kappa shape index (κ3) is 3.50. The molecular formula is C18H20FN3O. The second-order valence-corrected chi connectivity index (χ2v) is 5.89. The lowest BCUT2D eigenvalue weighted by Crippen LogP contribution is -2.35. The van der Waals surface area contributed by atoms with Crippen LogP contribution in [0.1, 0.15) is 47.6 Å². The minimum absolute atomic E-state index is 0.0753. The average Bonchev–Trinajstić information content (AvgIpc) is 2.81. The summed E-state index contributed by atoms with van der Waals surface area (Å²) < 4.78 is 13.6. The van der Waals surface area contributed by atoms with Crippen molar-refractivity contribution >= 4 is 11.7 Å². The van der Waals surface area contributed by atoms with Crippen molar-refractivity contribution < 1.29 is 9.18 Å². The van der Waals surface area contributed by atoms with Crippen molar-refractivity contribution in [3.05, 3.63) is 59.5 Å². The van der Waals surface area contributed by atoms with Gasteiger partial charge in [0.15, 0.2) is 0 Å². The van der Waals surface area contributed by atoms with Crippen LogP contribution < -0.4 is 5.73 Å². The zero-order valence-corrected chi connectivity index (χ0v) is 12.9. The highest BCUT2D eigenvalue weighted by atomic mass is 19.1. The highest BCUT2D eigenvalue weighted by Gasteiger charge is 2.27. The van der Waals surface area contributed by atoms with Crippen LogP contribution >= 0.6 is 0 Å². The van der Waals surface area contributed by atoms with Crippen molar-refractivity contribution in [1.29, 1.82) is 0 Å². The van der Waals surface area contributed by atoms with E-state index >= 15 is 0 Å². The molecule has 1 amide bonds. The lowest BCUT2D eigenvalue weighted by Gasteiger charge is -2.30. The number of carbonyl (C=O) groups excluding carboxylic acids is 1. The molecule has 2 N–H and O–H groups in total. The van der Waals surface area contributed by atoms with E-state index in [9.17, 15) is 9.18 Å². The van der Waals surface area contributed by atoms with Crippen LogP contribution in [-0.4, -0.2) is 22.3 Å². The molecule has 2 aromatic rings. The van der Waals surface area contributed by atoms with E-state index < -0.39 is 0 Å². The first kappa shape index (κ1) is 15.5. The zero-order valence-electron chi connectivity index (χ0n) is 12.9. The quantitative estimate of drug-likeness (QED) is 0.922. The topological polar surface area (TPSA) is 59.2 Å². The molecule has 23 heavy (non-hydrogen) atoms. The van der Waals surface area contributed by atoms with E-state index in [0.29, 0.717) is 17.9 Å². The predicted octanol–water partition coefficient (Wildman–Crippen LogP) is 3.56. The number of halogens is 1. The Bertz CT molecular complexity index is 687. The van der Waals surface area contributed by atoms with Gasteiger partial charge in [-0.3, -0.25) is 4.79 Å². The number of amides is 1. The summed E-state index contributed by atoms with van der Waals surface area (Å²) in [4.78, 5) is 18.7. The van der Waals surface area contributed by atoms with Crippen molar-refractivity contribution in [2.75, 3.05) is 12.3 Å². The Labute approximate surface area is 135 Å². The molecule has 2 heterocycles. The van der Waals surface area contributed by atoms with Crippen LogP contribution in [0.5, 0.6) is 0 Å². The summed E-state index contributed by atoms with van der Waals surface area (Å²) in [6.45, 7) is 0.671. The summed E-state index contributed by atoms with van der Waals surface area (Å²) >= 11 is 0. The summed E-state index contributed by atoms with van der Waals surface area (Å²) in [7, 11) is 0. The van der Waals surface area contributed by atoms with E-state index in [1.54, 1.807) is 18.2 Å². The Balaban J connectivity index is 1.92. The van der Waals surface area contributed by atoms with Gasteiger partial charge in [0.2, 0.25) is 0 Å². The second-order valence-electron chi connectivity index (χ2n) is 5.89. The number of aromatic nitrogens is 1. The molecule has 0 spiro atoms. The molecule has 1 fully saturated rings. The average molecular weight is 313 g/mol. The lowest BCUT2D eigenvalue weighted by molar-refractivity contribution is 0.0680. The van der Waals surface area contributed by atoms with Crippen molar-refractivity contribution in [3.63, 3.8) is 0 Å². The van der Waals surface area contributed by atoms with Gasteiger partial charge in [-0.2, -0.15) is 0 Å². The minimum Gasteiger partial charge on any atom is -0.384 e. The van der Waals surface area contributed by atoms with Gasteiger partial charge in [-0.25, -0.2) is 9.37 Å². The molecule has 1 atom stereocenters. The first-order valence-electron chi connectivity index (χ1n) is 7.93. The number of carbonyl (C=O) groups is 1. The van der Waals surface area contributed by atoms with Crippen LogP contribution in [0.2, 0.25) is 0 Å². The first-order chi connectivity index (χ1) is 11.1. The number of anilines is 1. The summed E-state index contributed by atoms with van der Waals surface area (Å²) in [6, 6.07) is 9.76. The molecule has 1 aliphatic heterocycles. The third-order valence-electron chi connectivity index (χ3n) is 4.28. The number of pyridine rings is 1. The highest BCUT2D eigenvalue weighted by molar-refractivity contribution is 5.94. The summed E-state index contributed by atoms with van der Waals surface area (Å²) in [5, 5.41) is 0. The van der Waals surface area contributed by atoms with Gasteiger partial charge in [-0.05, 0) is 42.7 Å². The molecule has 1 aromatic carbocycles. The van der Waals surface area contributed by atoms with E-state index in [4.69, 9.17) is 5.73 Å². The largest absolute Gasteiger partial charge is 0.384 e. The van der Waals surface area contributed by atoms with Crippen LogP contribution in [0, 0.1) is 5.82 Å². The van der Waals surface area contributed by atoms with Crippen LogP contribution in [0.15, 0.2) is 42.6 Å². The molecule has 4 nitrogen and oxygen atoms in total. The van der Waals surface area contributed by atoms with Crippen molar-refractivity contribution in [1.82, 2.24) is 9.88 Å². The van der Waals surface area contributed by atoms with E-state index in [1.807, 2.05) is 11.0 Å². The molecular weight excluding hydrogens is 293 g/mol. The first-order valence-corrected chi connectivity index (χ1v) is 7.93. The molecule has 0 unspecified atom stereocenters. The summed E-state index contributed by atoms with van der Waals surface area (Å²) in [6.07, 6.45) is 5.42. The number of likely N-dealkylation sites (tertiary alicyclic amines) is 1. The fourth-order valence-corrected chi connectivity index (χ4v) is 3.11.